The van der Waals surface area contributed by atoms with Crippen LogP contribution >= 0.6 is 11.8 Å². The van der Waals surface area contributed by atoms with Crippen LogP contribution in [-0.2, 0) is 17.8 Å². The van der Waals surface area contributed by atoms with Gasteiger partial charge in [-0.05, 0) is 24.0 Å². The van der Waals surface area contributed by atoms with Gasteiger partial charge < -0.3 is 9.42 Å². The third kappa shape index (κ3) is 4.36. The molecule has 2 heterocycles. The van der Waals surface area contributed by atoms with Crippen LogP contribution in [0.2, 0.25) is 0 Å². The van der Waals surface area contributed by atoms with Crippen LogP contribution in [0.25, 0.3) is 0 Å². The molecule has 3 rings (SSSR count). The number of carbonyl (C=O) groups excluding carboxylic acids is 1. The van der Waals surface area contributed by atoms with Gasteiger partial charge in [0.2, 0.25) is 11.8 Å². The minimum atomic E-state index is 0.196. The van der Waals surface area contributed by atoms with E-state index in [1.54, 1.807) is 18.7 Å². The molecule has 2 aromatic rings. The number of benzene rings is 1. The van der Waals surface area contributed by atoms with Crippen molar-refractivity contribution in [3.63, 3.8) is 0 Å². The van der Waals surface area contributed by atoms with Crippen molar-refractivity contribution in [2.24, 2.45) is 0 Å². The zero-order chi connectivity index (χ0) is 16.9. The standard InChI is InChI=1S/C17H22N4O2S/c1-13-18-16(19-23-13)12-20-7-9-21(10-8-20)17(22)11-14-3-5-15(24-2)6-4-14/h3-6H,7-12H2,1-2H3. The van der Waals surface area contributed by atoms with Gasteiger partial charge in [0.1, 0.15) is 0 Å². The SMILES string of the molecule is CSc1ccc(CC(=O)N2CCN(Cc3noc(C)n3)CC2)cc1. The number of hydrogen-bond donors (Lipinski definition) is 0. The van der Waals surface area contributed by atoms with E-state index in [4.69, 9.17) is 4.52 Å². The molecule has 128 valence electrons. The van der Waals surface area contributed by atoms with Gasteiger partial charge in [0.05, 0.1) is 13.0 Å². The lowest BCUT2D eigenvalue weighted by molar-refractivity contribution is -0.132. The minimum absolute atomic E-state index is 0.196. The van der Waals surface area contributed by atoms with Crippen LogP contribution in [0.4, 0.5) is 0 Å². The van der Waals surface area contributed by atoms with Crippen molar-refractivity contribution in [1.29, 1.82) is 0 Å². The van der Waals surface area contributed by atoms with E-state index in [9.17, 15) is 4.79 Å². The maximum atomic E-state index is 12.5. The smallest absolute Gasteiger partial charge is 0.227 e. The van der Waals surface area contributed by atoms with E-state index < -0.39 is 0 Å². The fraction of sp³-hybridized carbons (Fsp3) is 0.471. The van der Waals surface area contributed by atoms with Crippen LogP contribution in [0.5, 0.6) is 0 Å². The predicted molar refractivity (Wildman–Crippen MR) is 92.8 cm³/mol. The number of aryl methyl sites for hydroxylation is 1. The van der Waals surface area contributed by atoms with E-state index in [2.05, 4.69) is 33.4 Å². The fourth-order valence-corrected chi connectivity index (χ4v) is 3.20. The highest BCUT2D eigenvalue weighted by Crippen LogP contribution is 2.16. The number of nitrogens with zero attached hydrogens (tertiary/aromatic N) is 4. The van der Waals surface area contributed by atoms with E-state index in [1.807, 2.05) is 17.0 Å². The second-order valence-corrected chi connectivity index (χ2v) is 6.79. The first-order valence-electron chi connectivity index (χ1n) is 8.06. The molecule has 0 bridgehead atoms. The second kappa shape index (κ2) is 7.81. The van der Waals surface area contributed by atoms with Crippen LogP contribution in [0.15, 0.2) is 33.7 Å². The van der Waals surface area contributed by atoms with Gasteiger partial charge in [-0.15, -0.1) is 11.8 Å². The lowest BCUT2D eigenvalue weighted by atomic mass is 10.1. The molecule has 1 aromatic heterocycles. The van der Waals surface area contributed by atoms with Gasteiger partial charge in [0.25, 0.3) is 0 Å². The minimum Gasteiger partial charge on any atom is -0.340 e. The number of rotatable bonds is 5. The molecule has 0 radical (unpaired) electrons. The Morgan fingerprint density at radius 3 is 2.50 bits per heavy atom. The first-order valence-corrected chi connectivity index (χ1v) is 9.29. The summed E-state index contributed by atoms with van der Waals surface area (Å²) in [6.07, 6.45) is 2.52. The number of piperazine rings is 1. The van der Waals surface area contributed by atoms with Crippen molar-refractivity contribution in [2.75, 3.05) is 32.4 Å². The Labute approximate surface area is 146 Å². The van der Waals surface area contributed by atoms with Crippen molar-refractivity contribution < 1.29 is 9.32 Å². The topological polar surface area (TPSA) is 62.5 Å². The quantitative estimate of drug-likeness (QED) is 0.772. The number of aromatic nitrogens is 2. The monoisotopic (exact) mass is 346 g/mol. The van der Waals surface area contributed by atoms with E-state index in [0.717, 1.165) is 31.7 Å². The van der Waals surface area contributed by atoms with Crippen LogP contribution < -0.4 is 0 Å². The summed E-state index contributed by atoms with van der Waals surface area (Å²) in [5.41, 5.74) is 1.07. The average molecular weight is 346 g/mol. The fourth-order valence-electron chi connectivity index (χ4n) is 2.79. The van der Waals surface area contributed by atoms with Gasteiger partial charge in [-0.25, -0.2) is 0 Å². The maximum absolute atomic E-state index is 12.5. The molecule has 1 amide bonds. The summed E-state index contributed by atoms with van der Waals surface area (Å²) in [4.78, 5) is 22.1. The summed E-state index contributed by atoms with van der Waals surface area (Å²) < 4.78 is 4.99. The molecule has 0 spiro atoms. The Kier molecular flexibility index (Phi) is 5.52. The van der Waals surface area contributed by atoms with Crippen molar-refractivity contribution in [1.82, 2.24) is 19.9 Å². The zero-order valence-corrected chi connectivity index (χ0v) is 14.9. The van der Waals surface area contributed by atoms with Crippen LogP contribution in [0, 0.1) is 6.92 Å². The highest BCUT2D eigenvalue weighted by molar-refractivity contribution is 7.98. The molecular formula is C17H22N4O2S. The lowest BCUT2D eigenvalue weighted by Crippen LogP contribution is -2.48. The molecule has 7 heteroatoms. The molecule has 0 unspecified atom stereocenters. The lowest BCUT2D eigenvalue weighted by Gasteiger charge is -2.34. The third-order valence-corrected chi connectivity index (χ3v) is 4.92. The van der Waals surface area contributed by atoms with Crippen molar-refractivity contribution in [3.8, 4) is 0 Å². The number of thioether (sulfide) groups is 1. The van der Waals surface area contributed by atoms with Gasteiger partial charge in [0, 0.05) is 38.0 Å². The molecule has 1 aromatic carbocycles. The summed E-state index contributed by atoms with van der Waals surface area (Å²) in [7, 11) is 0. The van der Waals surface area contributed by atoms with E-state index in [-0.39, 0.29) is 5.91 Å². The molecule has 0 saturated carbocycles. The Bertz CT molecular complexity index is 678. The molecule has 0 N–H and O–H groups in total. The van der Waals surface area contributed by atoms with Gasteiger partial charge in [-0.2, -0.15) is 4.98 Å². The maximum Gasteiger partial charge on any atom is 0.227 e. The zero-order valence-electron chi connectivity index (χ0n) is 14.1. The Hall–Kier alpha value is -1.86. The molecule has 0 aliphatic carbocycles. The van der Waals surface area contributed by atoms with E-state index in [1.165, 1.54) is 4.90 Å². The van der Waals surface area contributed by atoms with Gasteiger partial charge in [-0.3, -0.25) is 9.69 Å². The Morgan fingerprint density at radius 1 is 1.21 bits per heavy atom. The summed E-state index contributed by atoms with van der Waals surface area (Å²) in [6.45, 7) is 5.64. The highest BCUT2D eigenvalue weighted by Gasteiger charge is 2.22. The summed E-state index contributed by atoms with van der Waals surface area (Å²) >= 11 is 1.71. The highest BCUT2D eigenvalue weighted by atomic mass is 32.2. The van der Waals surface area contributed by atoms with Crippen LogP contribution in [0.1, 0.15) is 17.3 Å². The van der Waals surface area contributed by atoms with Crippen LogP contribution in [-0.4, -0.2) is 58.3 Å². The summed E-state index contributed by atoms with van der Waals surface area (Å²) in [5, 5.41) is 3.92. The molecule has 6 nitrogen and oxygen atoms in total. The predicted octanol–water partition coefficient (Wildman–Crippen LogP) is 1.99. The van der Waals surface area contributed by atoms with Gasteiger partial charge in [-0.1, -0.05) is 17.3 Å². The van der Waals surface area contributed by atoms with Crippen molar-refractivity contribution in [3.05, 3.63) is 41.5 Å². The number of hydrogen-bond acceptors (Lipinski definition) is 6. The largest absolute Gasteiger partial charge is 0.340 e. The van der Waals surface area contributed by atoms with Crippen molar-refractivity contribution >= 4 is 17.7 Å². The summed E-state index contributed by atoms with van der Waals surface area (Å²) in [6, 6.07) is 8.22. The molecule has 1 aliphatic rings. The first-order chi connectivity index (χ1) is 11.6. The Morgan fingerprint density at radius 2 is 1.92 bits per heavy atom. The molecular weight excluding hydrogens is 324 g/mol. The molecule has 1 aliphatic heterocycles. The average Bonchev–Trinajstić information content (AvgIpc) is 3.01. The number of amides is 1. The van der Waals surface area contributed by atoms with Gasteiger partial charge in [0.15, 0.2) is 5.82 Å². The van der Waals surface area contributed by atoms with Gasteiger partial charge >= 0.3 is 0 Å². The number of carbonyl (C=O) groups is 1. The molecule has 1 fully saturated rings. The Balaban J connectivity index is 1.47. The molecule has 1 saturated heterocycles. The normalized spacial score (nSPS) is 15.7. The van der Waals surface area contributed by atoms with E-state index in [0.29, 0.717) is 24.7 Å². The summed E-state index contributed by atoms with van der Waals surface area (Å²) in [5.74, 6) is 1.49. The second-order valence-electron chi connectivity index (χ2n) is 5.91. The molecule has 24 heavy (non-hydrogen) atoms. The van der Waals surface area contributed by atoms with Crippen molar-refractivity contribution in [2.45, 2.75) is 24.8 Å². The van der Waals surface area contributed by atoms with Crippen LogP contribution in [0.3, 0.4) is 0 Å². The first kappa shape index (κ1) is 17.0. The third-order valence-electron chi connectivity index (χ3n) is 4.17. The van der Waals surface area contributed by atoms with E-state index >= 15 is 0 Å². The molecule has 0 atom stereocenters.